The topological polar surface area (TPSA) is 55.1 Å². The Morgan fingerprint density at radius 3 is 2.35 bits per heavy atom. The second kappa shape index (κ2) is 5.88. The Hall–Kier alpha value is -2.14. The van der Waals surface area contributed by atoms with Crippen molar-refractivity contribution in [3.05, 3.63) is 64.7 Å². The highest BCUT2D eigenvalue weighted by molar-refractivity contribution is 6.31. The largest absolute Gasteiger partial charge is 0.370 e. The maximum atomic E-state index is 13.1. The van der Waals surface area contributed by atoms with Crippen LogP contribution in [0.5, 0.6) is 0 Å². The second-order valence-electron chi connectivity index (χ2n) is 4.16. The first-order chi connectivity index (χ1) is 9.47. The maximum Gasteiger partial charge on any atom is 0.244 e. The molecule has 2 rings (SSSR count). The SMILES string of the molecule is NC(=O)C(Nc1ccc(F)c(Cl)c1)c1ccc(F)cc1. The van der Waals surface area contributed by atoms with E-state index in [1.807, 2.05) is 0 Å². The summed E-state index contributed by atoms with van der Waals surface area (Å²) in [7, 11) is 0. The van der Waals surface area contributed by atoms with Gasteiger partial charge in [0.05, 0.1) is 5.02 Å². The Labute approximate surface area is 119 Å². The van der Waals surface area contributed by atoms with E-state index in [-0.39, 0.29) is 5.02 Å². The van der Waals surface area contributed by atoms with Crippen LogP contribution >= 0.6 is 11.6 Å². The van der Waals surface area contributed by atoms with Gasteiger partial charge in [-0.2, -0.15) is 0 Å². The minimum atomic E-state index is -0.864. The fraction of sp³-hybridized carbons (Fsp3) is 0.0714. The van der Waals surface area contributed by atoms with E-state index < -0.39 is 23.6 Å². The minimum absolute atomic E-state index is 0.0719. The monoisotopic (exact) mass is 296 g/mol. The third-order valence-corrected chi connectivity index (χ3v) is 3.01. The number of primary amides is 1. The van der Waals surface area contributed by atoms with E-state index in [0.717, 1.165) is 0 Å². The molecule has 20 heavy (non-hydrogen) atoms. The summed E-state index contributed by atoms with van der Waals surface area (Å²) in [5, 5.41) is 2.76. The van der Waals surface area contributed by atoms with Crippen LogP contribution in [-0.4, -0.2) is 5.91 Å². The van der Waals surface area contributed by atoms with Crippen LogP contribution in [0.1, 0.15) is 11.6 Å². The van der Waals surface area contributed by atoms with Crippen LogP contribution in [0.2, 0.25) is 5.02 Å². The summed E-state index contributed by atoms with van der Waals surface area (Å²) in [5.41, 5.74) is 6.25. The lowest BCUT2D eigenvalue weighted by atomic mass is 10.1. The Morgan fingerprint density at radius 1 is 1.15 bits per heavy atom. The summed E-state index contributed by atoms with van der Waals surface area (Å²) in [4.78, 5) is 11.5. The van der Waals surface area contributed by atoms with Crippen molar-refractivity contribution in [3.8, 4) is 0 Å². The van der Waals surface area contributed by atoms with Gasteiger partial charge >= 0.3 is 0 Å². The Balaban J connectivity index is 2.27. The first kappa shape index (κ1) is 14.3. The molecule has 0 aromatic heterocycles. The highest BCUT2D eigenvalue weighted by atomic mass is 35.5. The molecule has 3 nitrogen and oxygen atoms in total. The van der Waals surface area contributed by atoms with Gasteiger partial charge in [-0.1, -0.05) is 23.7 Å². The summed E-state index contributed by atoms with van der Waals surface area (Å²) >= 11 is 5.66. The van der Waals surface area contributed by atoms with Crippen LogP contribution in [0.15, 0.2) is 42.5 Å². The summed E-state index contributed by atoms with van der Waals surface area (Å²) in [5.74, 6) is -1.62. The van der Waals surface area contributed by atoms with Crippen molar-refractivity contribution >= 4 is 23.2 Å². The second-order valence-corrected chi connectivity index (χ2v) is 4.57. The molecule has 1 unspecified atom stereocenters. The van der Waals surface area contributed by atoms with Crippen LogP contribution < -0.4 is 11.1 Å². The third-order valence-electron chi connectivity index (χ3n) is 2.72. The first-order valence-electron chi connectivity index (χ1n) is 5.74. The van der Waals surface area contributed by atoms with Crippen molar-refractivity contribution in [2.75, 3.05) is 5.32 Å². The number of carbonyl (C=O) groups excluding carboxylic acids is 1. The third kappa shape index (κ3) is 3.24. The molecule has 1 amide bonds. The van der Waals surface area contributed by atoms with Gasteiger partial charge in [-0.3, -0.25) is 4.79 Å². The lowest BCUT2D eigenvalue weighted by molar-refractivity contribution is -0.118. The molecule has 2 aromatic rings. The van der Waals surface area contributed by atoms with Crippen molar-refractivity contribution < 1.29 is 13.6 Å². The van der Waals surface area contributed by atoms with E-state index >= 15 is 0 Å². The van der Waals surface area contributed by atoms with Gasteiger partial charge in [0.2, 0.25) is 5.91 Å². The average Bonchev–Trinajstić information content (AvgIpc) is 2.41. The molecule has 0 spiro atoms. The predicted octanol–water partition coefficient (Wildman–Crippen LogP) is 3.26. The lowest BCUT2D eigenvalue weighted by Crippen LogP contribution is -2.27. The van der Waals surface area contributed by atoms with Crippen LogP contribution in [0.4, 0.5) is 14.5 Å². The Morgan fingerprint density at radius 2 is 1.80 bits per heavy atom. The van der Waals surface area contributed by atoms with Crippen molar-refractivity contribution in [2.45, 2.75) is 6.04 Å². The summed E-state index contributed by atoms with van der Waals surface area (Å²) < 4.78 is 25.9. The molecule has 0 saturated carbocycles. The van der Waals surface area contributed by atoms with E-state index in [4.69, 9.17) is 17.3 Å². The van der Waals surface area contributed by atoms with Gasteiger partial charge in [0, 0.05) is 5.69 Å². The van der Waals surface area contributed by atoms with Gasteiger partial charge in [-0.15, -0.1) is 0 Å². The number of anilines is 1. The van der Waals surface area contributed by atoms with E-state index in [2.05, 4.69) is 5.32 Å². The zero-order valence-corrected chi connectivity index (χ0v) is 11.0. The van der Waals surface area contributed by atoms with Crippen LogP contribution in [0, 0.1) is 11.6 Å². The van der Waals surface area contributed by atoms with Gasteiger partial charge in [-0.25, -0.2) is 8.78 Å². The summed E-state index contributed by atoms with van der Waals surface area (Å²) in [6.07, 6.45) is 0. The van der Waals surface area contributed by atoms with Crippen molar-refractivity contribution in [1.29, 1.82) is 0 Å². The normalized spacial score (nSPS) is 11.9. The number of amides is 1. The first-order valence-corrected chi connectivity index (χ1v) is 6.11. The average molecular weight is 297 g/mol. The lowest BCUT2D eigenvalue weighted by Gasteiger charge is -2.17. The van der Waals surface area contributed by atoms with Gasteiger partial charge in [0.25, 0.3) is 0 Å². The number of rotatable bonds is 4. The molecule has 6 heteroatoms. The van der Waals surface area contributed by atoms with Gasteiger partial charge in [0.1, 0.15) is 17.7 Å². The highest BCUT2D eigenvalue weighted by Gasteiger charge is 2.18. The number of nitrogens with two attached hydrogens (primary N) is 1. The van der Waals surface area contributed by atoms with Gasteiger partial charge < -0.3 is 11.1 Å². The molecule has 0 radical (unpaired) electrons. The highest BCUT2D eigenvalue weighted by Crippen LogP contribution is 2.24. The molecule has 0 bridgehead atoms. The number of hydrogen-bond donors (Lipinski definition) is 2. The minimum Gasteiger partial charge on any atom is -0.370 e. The van der Waals surface area contributed by atoms with Gasteiger partial charge in [-0.05, 0) is 35.9 Å². The Bertz CT molecular complexity index is 632. The van der Waals surface area contributed by atoms with Crippen LogP contribution in [0.3, 0.4) is 0 Å². The van der Waals surface area contributed by atoms with Crippen LogP contribution in [-0.2, 0) is 4.79 Å². The molecule has 0 aliphatic heterocycles. The number of benzene rings is 2. The molecule has 104 valence electrons. The predicted molar refractivity (Wildman–Crippen MR) is 73.4 cm³/mol. The van der Waals surface area contributed by atoms with Crippen LogP contribution in [0.25, 0.3) is 0 Å². The molecule has 1 atom stereocenters. The summed E-state index contributed by atoms with van der Waals surface area (Å²) in [6, 6.07) is 8.43. The van der Waals surface area contributed by atoms with Crippen molar-refractivity contribution in [3.63, 3.8) is 0 Å². The smallest absolute Gasteiger partial charge is 0.244 e. The molecular weight excluding hydrogens is 286 g/mol. The number of hydrogen-bond acceptors (Lipinski definition) is 2. The van der Waals surface area contributed by atoms with Crippen molar-refractivity contribution in [1.82, 2.24) is 0 Å². The van der Waals surface area contributed by atoms with E-state index in [9.17, 15) is 13.6 Å². The molecule has 0 saturated heterocycles. The van der Waals surface area contributed by atoms with E-state index in [0.29, 0.717) is 11.3 Å². The zero-order chi connectivity index (χ0) is 14.7. The molecule has 0 aliphatic carbocycles. The number of carbonyl (C=O) groups is 1. The fourth-order valence-corrected chi connectivity index (χ4v) is 1.91. The van der Waals surface area contributed by atoms with Gasteiger partial charge in [0.15, 0.2) is 0 Å². The Kier molecular flexibility index (Phi) is 4.20. The van der Waals surface area contributed by atoms with Crippen molar-refractivity contribution in [2.24, 2.45) is 5.73 Å². The summed E-state index contributed by atoms with van der Waals surface area (Å²) in [6.45, 7) is 0. The standard InChI is InChI=1S/C14H11ClF2N2O/c15-11-7-10(5-6-12(11)17)19-13(14(18)20)8-1-3-9(16)4-2-8/h1-7,13,19H,(H2,18,20). The number of halogens is 3. The zero-order valence-electron chi connectivity index (χ0n) is 10.2. The van der Waals surface area contributed by atoms with E-state index in [1.165, 1.54) is 42.5 Å². The molecule has 2 aromatic carbocycles. The van der Waals surface area contributed by atoms with E-state index in [1.54, 1.807) is 0 Å². The molecule has 0 heterocycles. The molecular formula is C14H11ClF2N2O. The molecule has 3 N–H and O–H groups in total. The number of nitrogens with one attached hydrogen (secondary N) is 1. The maximum absolute atomic E-state index is 13.1. The molecule has 0 fully saturated rings. The fourth-order valence-electron chi connectivity index (χ4n) is 1.73. The quantitative estimate of drug-likeness (QED) is 0.910. The molecule has 0 aliphatic rings.